The molecule has 0 aliphatic carbocycles. The van der Waals surface area contributed by atoms with Gasteiger partial charge in [0.1, 0.15) is 18.8 Å². The number of aliphatic carboxylic acids is 1. The molecular formula is C67H110O12. The van der Waals surface area contributed by atoms with Gasteiger partial charge >= 0.3 is 23.9 Å². The van der Waals surface area contributed by atoms with Crippen LogP contribution in [0.5, 0.6) is 0 Å². The molecular weight excluding hydrogens is 997 g/mol. The SMILES string of the molecule is CC/C=C\C/C=C\C/C=C\C/C=C\CCCCCCCCC(=O)OC1C(OCC(COC(=O)CCCCCCCCC/C=C\CCCCCCCC)OC(=O)CCCCC/C=C\C/C=C\C/C=C\CC)OC(C(=O)O)C(O)C1O. The van der Waals surface area contributed by atoms with Gasteiger partial charge in [-0.2, -0.15) is 0 Å². The number of carbonyl (C=O) groups is 4. The fourth-order valence-electron chi connectivity index (χ4n) is 8.90. The lowest BCUT2D eigenvalue weighted by Crippen LogP contribution is -2.61. The Labute approximate surface area is 479 Å². The first-order valence-electron chi connectivity index (χ1n) is 31.2. The van der Waals surface area contributed by atoms with Gasteiger partial charge in [-0.15, -0.1) is 0 Å². The normalized spacial score (nSPS) is 18.5. The van der Waals surface area contributed by atoms with E-state index in [-0.39, 0.29) is 25.9 Å². The number of hydrogen-bond acceptors (Lipinski definition) is 11. The summed E-state index contributed by atoms with van der Waals surface area (Å²) in [5.74, 6) is -3.19. The van der Waals surface area contributed by atoms with Gasteiger partial charge in [0.25, 0.3) is 0 Å². The predicted molar refractivity (Wildman–Crippen MR) is 321 cm³/mol. The molecule has 12 nitrogen and oxygen atoms in total. The van der Waals surface area contributed by atoms with Crippen molar-refractivity contribution in [2.24, 2.45) is 0 Å². The molecule has 3 N–H and O–H groups in total. The van der Waals surface area contributed by atoms with Crippen molar-refractivity contribution >= 4 is 23.9 Å². The van der Waals surface area contributed by atoms with Gasteiger partial charge in [-0.25, -0.2) is 4.79 Å². The molecule has 1 aliphatic rings. The molecule has 0 saturated carbocycles. The number of hydrogen-bond donors (Lipinski definition) is 3. The Morgan fingerprint density at radius 2 is 0.797 bits per heavy atom. The minimum absolute atomic E-state index is 0.0363. The first-order valence-corrected chi connectivity index (χ1v) is 31.2. The van der Waals surface area contributed by atoms with E-state index in [0.717, 1.165) is 135 Å². The van der Waals surface area contributed by atoms with Crippen LogP contribution in [-0.2, 0) is 42.9 Å². The highest BCUT2D eigenvalue weighted by molar-refractivity contribution is 5.74. The van der Waals surface area contributed by atoms with E-state index in [1.807, 2.05) is 0 Å². The summed E-state index contributed by atoms with van der Waals surface area (Å²) in [5, 5.41) is 31.5. The summed E-state index contributed by atoms with van der Waals surface area (Å²) in [7, 11) is 0. The molecule has 1 fully saturated rings. The highest BCUT2D eigenvalue weighted by atomic mass is 16.7. The number of carboxylic acid groups (broad SMARTS) is 1. The Kier molecular flexibility index (Phi) is 49.9. The van der Waals surface area contributed by atoms with E-state index in [0.29, 0.717) is 19.3 Å². The van der Waals surface area contributed by atoms with E-state index >= 15 is 0 Å². The van der Waals surface area contributed by atoms with Gasteiger partial charge in [0.15, 0.2) is 24.6 Å². The lowest BCUT2D eigenvalue weighted by Gasteiger charge is -2.40. The maximum atomic E-state index is 13.1. The van der Waals surface area contributed by atoms with Crippen LogP contribution in [0.3, 0.4) is 0 Å². The monoisotopic (exact) mass is 1110 g/mol. The fraction of sp³-hybridized carbons (Fsp3) is 0.701. The van der Waals surface area contributed by atoms with Crippen molar-refractivity contribution in [1.82, 2.24) is 0 Å². The molecule has 0 aromatic heterocycles. The molecule has 6 atom stereocenters. The number of unbranched alkanes of at least 4 members (excludes halogenated alkanes) is 22. The van der Waals surface area contributed by atoms with Gasteiger partial charge in [-0.05, 0) is 116 Å². The van der Waals surface area contributed by atoms with E-state index in [4.69, 9.17) is 23.7 Å². The van der Waals surface area contributed by atoms with Crippen LogP contribution in [-0.4, -0.2) is 89.2 Å². The van der Waals surface area contributed by atoms with Crippen LogP contribution >= 0.6 is 0 Å². The smallest absolute Gasteiger partial charge is 0.335 e. The summed E-state index contributed by atoms with van der Waals surface area (Å²) in [6, 6.07) is 0. The van der Waals surface area contributed by atoms with Crippen LogP contribution in [0.4, 0.5) is 0 Å². The summed E-state index contributed by atoms with van der Waals surface area (Å²) in [4.78, 5) is 51.2. The standard InChI is InChI=1S/C67H110O12/c1-4-7-10-13-16-19-22-25-27-29-30-32-34-37-40-43-46-49-52-55-61(70)78-65-63(72)62(71)64(66(73)74)79-67(65)76-57-58(77-60(69)54-51-48-45-42-39-35-24-21-18-15-12-9-6-3)56-75-59(68)53-50-47-44-41-38-36-33-31-28-26-23-20-17-14-11-8-5-2/h7,9-10,12,16,18-19,21,25-28,30,32,35,39,58,62-65,67,71-72H,4-6,8,11,13-15,17,20,22-24,29,31,33-34,36-38,40-57H2,1-3H3,(H,73,74)/b10-7-,12-9-,19-16-,21-18-,27-25-,28-26-,32-30-,39-35-. The zero-order chi connectivity index (χ0) is 57.5. The third-order valence-corrected chi connectivity index (χ3v) is 13.6. The number of rotatable bonds is 52. The van der Waals surface area contributed by atoms with Crippen molar-refractivity contribution in [3.63, 3.8) is 0 Å². The number of aliphatic hydroxyl groups is 2. The minimum atomic E-state index is -1.92. The van der Waals surface area contributed by atoms with Crippen LogP contribution in [0.2, 0.25) is 0 Å². The molecule has 0 aromatic rings. The molecule has 450 valence electrons. The Balaban J connectivity index is 2.68. The Hall–Kier alpha value is -4.36. The van der Waals surface area contributed by atoms with Crippen molar-refractivity contribution in [3.8, 4) is 0 Å². The number of ether oxygens (including phenoxy) is 5. The van der Waals surface area contributed by atoms with Crippen molar-refractivity contribution < 1.29 is 58.2 Å². The third kappa shape index (κ3) is 44.0. The van der Waals surface area contributed by atoms with Gasteiger partial charge in [0.2, 0.25) is 0 Å². The average molecular weight is 1110 g/mol. The molecule has 0 aromatic carbocycles. The first kappa shape index (κ1) is 72.7. The van der Waals surface area contributed by atoms with Crippen LogP contribution in [0.15, 0.2) is 97.2 Å². The quantitative estimate of drug-likeness (QED) is 0.0228. The summed E-state index contributed by atoms with van der Waals surface area (Å²) in [6.45, 7) is 5.74. The molecule has 1 aliphatic heterocycles. The van der Waals surface area contributed by atoms with E-state index in [2.05, 4.69) is 118 Å². The molecule has 0 amide bonds. The van der Waals surface area contributed by atoms with Crippen molar-refractivity contribution in [1.29, 1.82) is 0 Å². The molecule has 0 spiro atoms. The van der Waals surface area contributed by atoms with Crippen LogP contribution in [0.25, 0.3) is 0 Å². The van der Waals surface area contributed by atoms with Crippen LogP contribution in [0, 0.1) is 0 Å². The van der Waals surface area contributed by atoms with E-state index in [1.165, 1.54) is 57.8 Å². The highest BCUT2D eigenvalue weighted by Crippen LogP contribution is 2.26. The van der Waals surface area contributed by atoms with Crippen molar-refractivity contribution in [2.75, 3.05) is 13.2 Å². The topological polar surface area (TPSA) is 175 Å². The summed E-state index contributed by atoms with van der Waals surface area (Å²) >= 11 is 0. The van der Waals surface area contributed by atoms with Gasteiger partial charge in [-0.1, -0.05) is 214 Å². The molecule has 0 radical (unpaired) electrons. The number of carboxylic acids is 1. The van der Waals surface area contributed by atoms with E-state index < -0.39 is 67.3 Å². The second-order valence-corrected chi connectivity index (χ2v) is 20.9. The molecule has 6 unspecified atom stereocenters. The highest BCUT2D eigenvalue weighted by Gasteiger charge is 2.50. The summed E-state index contributed by atoms with van der Waals surface area (Å²) in [6.07, 6.45) is 59.4. The zero-order valence-corrected chi connectivity index (χ0v) is 49.6. The zero-order valence-electron chi connectivity index (χ0n) is 49.6. The van der Waals surface area contributed by atoms with Crippen molar-refractivity contribution in [3.05, 3.63) is 97.2 Å². The average Bonchev–Trinajstić information content (AvgIpc) is 3.46. The van der Waals surface area contributed by atoms with E-state index in [9.17, 15) is 34.5 Å². The lowest BCUT2D eigenvalue weighted by molar-refractivity contribution is -0.301. The van der Waals surface area contributed by atoms with Gasteiger partial charge in [0.05, 0.1) is 6.61 Å². The van der Waals surface area contributed by atoms with Gasteiger partial charge in [-0.3, -0.25) is 14.4 Å². The predicted octanol–water partition coefficient (Wildman–Crippen LogP) is 16.5. The Morgan fingerprint density at radius 3 is 1.24 bits per heavy atom. The number of allylic oxidation sites excluding steroid dienone is 16. The number of esters is 3. The number of aliphatic hydroxyl groups excluding tert-OH is 2. The molecule has 12 heteroatoms. The molecule has 79 heavy (non-hydrogen) atoms. The lowest BCUT2D eigenvalue weighted by atomic mass is 9.98. The second-order valence-electron chi connectivity index (χ2n) is 20.9. The molecule has 0 bridgehead atoms. The Bertz CT molecular complexity index is 1740. The number of carbonyl (C=O) groups excluding carboxylic acids is 3. The molecule has 1 saturated heterocycles. The minimum Gasteiger partial charge on any atom is -0.479 e. The van der Waals surface area contributed by atoms with Crippen molar-refractivity contribution in [2.45, 2.75) is 289 Å². The first-order chi connectivity index (χ1) is 38.6. The third-order valence-electron chi connectivity index (χ3n) is 13.6. The fourth-order valence-corrected chi connectivity index (χ4v) is 8.90. The summed E-state index contributed by atoms with van der Waals surface area (Å²) < 4.78 is 28.4. The molecule has 1 heterocycles. The van der Waals surface area contributed by atoms with Gasteiger partial charge in [0, 0.05) is 19.3 Å². The summed E-state index contributed by atoms with van der Waals surface area (Å²) in [5.41, 5.74) is 0. The maximum Gasteiger partial charge on any atom is 0.335 e. The van der Waals surface area contributed by atoms with Crippen LogP contribution in [0.1, 0.15) is 252 Å². The van der Waals surface area contributed by atoms with Gasteiger partial charge < -0.3 is 39.0 Å². The van der Waals surface area contributed by atoms with E-state index in [1.54, 1.807) is 0 Å². The largest absolute Gasteiger partial charge is 0.479 e. The van der Waals surface area contributed by atoms with Crippen LogP contribution < -0.4 is 0 Å². The maximum absolute atomic E-state index is 13.1. The Morgan fingerprint density at radius 1 is 0.430 bits per heavy atom. The molecule has 1 rings (SSSR count). The second kappa shape index (κ2) is 54.2.